The fraction of sp³-hybridized carbons (Fsp3) is 0.824. The molecule has 21 heavy (non-hydrogen) atoms. The molecule has 4 heteroatoms. The fourth-order valence-electron chi connectivity index (χ4n) is 3.91. The zero-order chi connectivity index (χ0) is 14.7. The van der Waals surface area contributed by atoms with E-state index in [0.717, 1.165) is 31.5 Å². The number of hydrogen-bond acceptors (Lipinski definition) is 3. The van der Waals surface area contributed by atoms with Gasteiger partial charge in [0.25, 0.3) is 0 Å². The van der Waals surface area contributed by atoms with E-state index in [1.54, 1.807) is 0 Å². The number of aromatic nitrogens is 2. The molecule has 1 N–H and O–H groups in total. The molecule has 1 aromatic rings. The van der Waals surface area contributed by atoms with Crippen LogP contribution < -0.4 is 5.32 Å². The lowest BCUT2D eigenvalue weighted by molar-refractivity contribution is 0.145. The summed E-state index contributed by atoms with van der Waals surface area (Å²) in [6.07, 6.45) is 12.4. The van der Waals surface area contributed by atoms with Crippen LogP contribution in [0.25, 0.3) is 0 Å². The van der Waals surface area contributed by atoms with Crippen molar-refractivity contribution < 1.29 is 0 Å². The van der Waals surface area contributed by atoms with Gasteiger partial charge in [0.2, 0.25) is 0 Å². The predicted octanol–water partition coefficient (Wildman–Crippen LogP) is 2.82. The maximum absolute atomic E-state index is 4.59. The molecular formula is C17H30N4. The zero-order valence-electron chi connectivity index (χ0n) is 13.6. The fourth-order valence-corrected chi connectivity index (χ4v) is 3.91. The van der Waals surface area contributed by atoms with Gasteiger partial charge in [-0.3, -0.25) is 9.58 Å². The highest BCUT2D eigenvalue weighted by atomic mass is 15.3. The van der Waals surface area contributed by atoms with Crippen LogP contribution in [0.15, 0.2) is 12.4 Å². The quantitative estimate of drug-likeness (QED) is 0.874. The second-order valence-electron chi connectivity index (χ2n) is 6.76. The van der Waals surface area contributed by atoms with Crippen LogP contribution in [0.5, 0.6) is 0 Å². The second kappa shape index (κ2) is 6.93. The van der Waals surface area contributed by atoms with Crippen molar-refractivity contribution in [3.8, 4) is 0 Å². The number of nitrogens with zero attached hydrogens (tertiary/aromatic N) is 3. The SMILES string of the molecule is CCCn1cc(C2C(CNC)CCCCN2C2CC2)cn1. The third-order valence-electron chi connectivity index (χ3n) is 4.97. The van der Waals surface area contributed by atoms with Gasteiger partial charge in [0.1, 0.15) is 0 Å². The molecule has 3 rings (SSSR count). The van der Waals surface area contributed by atoms with Crippen LogP contribution in [0.4, 0.5) is 0 Å². The molecule has 118 valence electrons. The molecule has 0 spiro atoms. The van der Waals surface area contributed by atoms with E-state index in [4.69, 9.17) is 0 Å². The van der Waals surface area contributed by atoms with E-state index in [0.29, 0.717) is 6.04 Å². The Morgan fingerprint density at radius 3 is 2.86 bits per heavy atom. The van der Waals surface area contributed by atoms with Crippen molar-refractivity contribution in [3.63, 3.8) is 0 Å². The molecule has 0 radical (unpaired) electrons. The van der Waals surface area contributed by atoms with Gasteiger partial charge >= 0.3 is 0 Å². The monoisotopic (exact) mass is 290 g/mol. The molecule has 2 atom stereocenters. The van der Waals surface area contributed by atoms with Gasteiger partial charge in [0.05, 0.1) is 6.20 Å². The van der Waals surface area contributed by atoms with Crippen molar-refractivity contribution in [3.05, 3.63) is 18.0 Å². The van der Waals surface area contributed by atoms with Crippen LogP contribution in [0.3, 0.4) is 0 Å². The Balaban J connectivity index is 1.85. The molecule has 2 aliphatic rings. The topological polar surface area (TPSA) is 33.1 Å². The van der Waals surface area contributed by atoms with E-state index in [9.17, 15) is 0 Å². The lowest BCUT2D eigenvalue weighted by atomic mass is 9.90. The van der Waals surface area contributed by atoms with E-state index >= 15 is 0 Å². The maximum Gasteiger partial charge on any atom is 0.0537 e. The Kier molecular flexibility index (Phi) is 4.96. The summed E-state index contributed by atoms with van der Waals surface area (Å²) in [7, 11) is 2.09. The van der Waals surface area contributed by atoms with Crippen LogP contribution in [-0.4, -0.2) is 40.9 Å². The average Bonchev–Trinajstić information content (AvgIpc) is 3.25. The first kappa shape index (κ1) is 15.0. The lowest BCUT2D eigenvalue weighted by Gasteiger charge is -2.34. The molecule has 1 saturated carbocycles. The summed E-state index contributed by atoms with van der Waals surface area (Å²) < 4.78 is 2.13. The number of nitrogens with one attached hydrogen (secondary N) is 1. The van der Waals surface area contributed by atoms with Gasteiger partial charge in [-0.15, -0.1) is 0 Å². The largest absolute Gasteiger partial charge is 0.319 e. The number of rotatable bonds is 6. The number of hydrogen-bond donors (Lipinski definition) is 1. The first-order chi connectivity index (χ1) is 10.3. The van der Waals surface area contributed by atoms with Crippen molar-refractivity contribution in [2.75, 3.05) is 20.1 Å². The summed E-state index contributed by atoms with van der Waals surface area (Å²) >= 11 is 0. The Bertz CT molecular complexity index is 438. The van der Waals surface area contributed by atoms with Crippen molar-refractivity contribution in [2.24, 2.45) is 5.92 Å². The van der Waals surface area contributed by atoms with E-state index in [2.05, 4.69) is 46.4 Å². The van der Waals surface area contributed by atoms with Gasteiger partial charge in [0.15, 0.2) is 0 Å². The van der Waals surface area contributed by atoms with E-state index in [1.807, 2.05) is 0 Å². The molecule has 4 nitrogen and oxygen atoms in total. The van der Waals surface area contributed by atoms with Crippen LogP contribution in [-0.2, 0) is 6.54 Å². The smallest absolute Gasteiger partial charge is 0.0537 e. The molecular weight excluding hydrogens is 260 g/mol. The van der Waals surface area contributed by atoms with Crippen molar-refractivity contribution in [1.29, 1.82) is 0 Å². The first-order valence-electron chi connectivity index (χ1n) is 8.76. The molecule has 0 aromatic carbocycles. The Morgan fingerprint density at radius 1 is 1.29 bits per heavy atom. The number of likely N-dealkylation sites (tertiary alicyclic amines) is 1. The molecule has 2 heterocycles. The van der Waals surface area contributed by atoms with Gasteiger partial charge in [-0.2, -0.15) is 5.10 Å². The molecule has 1 aliphatic heterocycles. The number of aryl methyl sites for hydroxylation is 1. The highest BCUT2D eigenvalue weighted by Crippen LogP contribution is 2.41. The molecule has 0 amide bonds. The molecule has 0 bridgehead atoms. The van der Waals surface area contributed by atoms with Gasteiger partial charge in [-0.25, -0.2) is 0 Å². The Labute approximate surface area is 128 Å². The van der Waals surface area contributed by atoms with E-state index in [1.165, 1.54) is 44.2 Å². The van der Waals surface area contributed by atoms with Crippen LogP contribution in [0, 0.1) is 5.92 Å². The van der Waals surface area contributed by atoms with Crippen LogP contribution in [0.2, 0.25) is 0 Å². The summed E-state index contributed by atoms with van der Waals surface area (Å²) in [5.41, 5.74) is 1.44. The minimum atomic E-state index is 0.568. The molecule has 2 unspecified atom stereocenters. The predicted molar refractivity (Wildman–Crippen MR) is 86.3 cm³/mol. The lowest BCUT2D eigenvalue weighted by Crippen LogP contribution is -2.37. The highest BCUT2D eigenvalue weighted by molar-refractivity contribution is 5.15. The standard InChI is InChI=1S/C17H30N4/c1-3-9-20-13-15(12-19-20)17-14(11-18-2)6-4-5-10-21(17)16-7-8-16/h12-14,16-18H,3-11H2,1-2H3. The minimum absolute atomic E-state index is 0.568. The van der Waals surface area contributed by atoms with Crippen molar-refractivity contribution in [2.45, 2.75) is 64.1 Å². The molecule has 1 aliphatic carbocycles. The minimum Gasteiger partial charge on any atom is -0.319 e. The van der Waals surface area contributed by atoms with E-state index in [-0.39, 0.29) is 0 Å². The summed E-state index contributed by atoms with van der Waals surface area (Å²) in [5, 5.41) is 8.01. The first-order valence-corrected chi connectivity index (χ1v) is 8.76. The third-order valence-corrected chi connectivity index (χ3v) is 4.97. The Morgan fingerprint density at radius 2 is 2.14 bits per heavy atom. The summed E-state index contributed by atoms with van der Waals surface area (Å²) in [5.74, 6) is 0.720. The normalized spacial score (nSPS) is 27.7. The summed E-state index contributed by atoms with van der Waals surface area (Å²) in [4.78, 5) is 2.79. The second-order valence-corrected chi connectivity index (χ2v) is 6.76. The third kappa shape index (κ3) is 3.49. The molecule has 1 saturated heterocycles. The Hall–Kier alpha value is -0.870. The van der Waals surface area contributed by atoms with Crippen molar-refractivity contribution >= 4 is 0 Å². The van der Waals surface area contributed by atoms with Gasteiger partial charge in [0, 0.05) is 30.4 Å². The summed E-state index contributed by atoms with van der Waals surface area (Å²) in [6.45, 7) is 5.64. The molecule has 1 aromatic heterocycles. The molecule has 2 fully saturated rings. The van der Waals surface area contributed by atoms with Gasteiger partial charge < -0.3 is 5.32 Å². The zero-order valence-corrected chi connectivity index (χ0v) is 13.6. The maximum atomic E-state index is 4.59. The van der Waals surface area contributed by atoms with Gasteiger partial charge in [-0.05, 0) is 58.2 Å². The van der Waals surface area contributed by atoms with Gasteiger partial charge in [-0.1, -0.05) is 13.3 Å². The van der Waals surface area contributed by atoms with Crippen molar-refractivity contribution in [1.82, 2.24) is 20.0 Å². The summed E-state index contributed by atoms with van der Waals surface area (Å²) in [6, 6.07) is 1.40. The highest BCUT2D eigenvalue weighted by Gasteiger charge is 2.39. The average molecular weight is 290 g/mol. The van der Waals surface area contributed by atoms with Crippen LogP contribution >= 0.6 is 0 Å². The van der Waals surface area contributed by atoms with E-state index < -0.39 is 0 Å². The van der Waals surface area contributed by atoms with Crippen LogP contribution in [0.1, 0.15) is 57.1 Å².